The van der Waals surface area contributed by atoms with Crippen LogP contribution in [0.5, 0.6) is 0 Å². The number of fused-ring (bicyclic) bond motifs is 2. The second kappa shape index (κ2) is 5.67. The molecule has 1 aromatic carbocycles. The summed E-state index contributed by atoms with van der Waals surface area (Å²) in [5, 5.41) is 1.10. The van der Waals surface area contributed by atoms with Gasteiger partial charge >= 0.3 is 6.18 Å². The molecule has 0 nitrogen and oxygen atoms in total. The summed E-state index contributed by atoms with van der Waals surface area (Å²) >= 11 is 1.98. The van der Waals surface area contributed by atoms with Crippen molar-refractivity contribution in [2.75, 3.05) is 0 Å². The lowest BCUT2D eigenvalue weighted by atomic mass is 9.93. The smallest absolute Gasteiger partial charge is 0.207 e. The minimum absolute atomic E-state index is 0.360. The zero-order chi connectivity index (χ0) is 15.0. The molecule has 0 aromatic heterocycles. The van der Waals surface area contributed by atoms with E-state index in [1.54, 1.807) is 0 Å². The van der Waals surface area contributed by atoms with E-state index in [-0.39, 0.29) is 0 Å². The van der Waals surface area contributed by atoms with E-state index >= 15 is 0 Å². The van der Waals surface area contributed by atoms with Crippen LogP contribution in [0.2, 0.25) is 0 Å². The molecule has 2 atom stereocenters. The lowest BCUT2D eigenvalue weighted by molar-refractivity contribution is -0.137. The van der Waals surface area contributed by atoms with Crippen molar-refractivity contribution in [3.8, 4) is 0 Å². The summed E-state index contributed by atoms with van der Waals surface area (Å²) in [7, 11) is 0. The van der Waals surface area contributed by atoms with E-state index in [1.165, 1.54) is 24.5 Å². The van der Waals surface area contributed by atoms with Crippen molar-refractivity contribution in [3.05, 3.63) is 46.8 Å². The van der Waals surface area contributed by atoms with Gasteiger partial charge in [-0.1, -0.05) is 24.1 Å². The molecule has 1 fully saturated rings. The van der Waals surface area contributed by atoms with Gasteiger partial charge in [0.2, 0.25) is 0 Å². The third-order valence-electron chi connectivity index (χ3n) is 4.09. The normalized spacial score (nSPS) is 25.6. The minimum atomic E-state index is -4.49. The molecule has 0 amide bonds. The summed E-state index contributed by atoms with van der Waals surface area (Å²) in [6.07, 6.45) is 2.64. The average Bonchev–Trinajstić information content (AvgIpc) is 2.39. The van der Waals surface area contributed by atoms with Gasteiger partial charge in [0.15, 0.2) is 0 Å². The van der Waals surface area contributed by atoms with Gasteiger partial charge < -0.3 is 0 Å². The molecule has 2 aliphatic rings. The standard InChI is InChI=1S/C16H16F4S/c17-15-9-12(16(18,19)20)5-4-11(15)6-10-7-13-2-1-3-14(8-10)21-13/h4-5,7,9,13-14H,1-3,6,8H2. The quantitative estimate of drug-likeness (QED) is 0.522. The maximum absolute atomic E-state index is 13.9. The first-order valence-corrected chi connectivity index (χ1v) is 8.07. The Morgan fingerprint density at radius 1 is 1.19 bits per heavy atom. The third-order valence-corrected chi connectivity index (χ3v) is 5.60. The van der Waals surface area contributed by atoms with Gasteiger partial charge in [-0.3, -0.25) is 0 Å². The zero-order valence-electron chi connectivity index (χ0n) is 11.4. The Balaban J connectivity index is 1.78. The second-order valence-electron chi connectivity index (χ2n) is 5.74. The Kier molecular flexibility index (Phi) is 4.04. The molecule has 114 valence electrons. The molecule has 2 heterocycles. The van der Waals surface area contributed by atoms with Crippen LogP contribution in [0.1, 0.15) is 36.8 Å². The van der Waals surface area contributed by atoms with Crippen LogP contribution in [0, 0.1) is 5.82 Å². The van der Waals surface area contributed by atoms with Crippen molar-refractivity contribution in [2.24, 2.45) is 0 Å². The number of alkyl halides is 3. The summed E-state index contributed by atoms with van der Waals surface area (Å²) in [6, 6.07) is 2.85. The van der Waals surface area contributed by atoms with Crippen LogP contribution in [0.3, 0.4) is 0 Å². The third kappa shape index (κ3) is 3.44. The van der Waals surface area contributed by atoms with E-state index in [4.69, 9.17) is 0 Å². The summed E-state index contributed by atoms with van der Waals surface area (Å²) in [4.78, 5) is 0. The average molecular weight is 316 g/mol. The van der Waals surface area contributed by atoms with Gasteiger partial charge in [0.1, 0.15) is 5.82 Å². The van der Waals surface area contributed by atoms with E-state index in [2.05, 4.69) is 6.08 Å². The molecule has 3 rings (SSSR count). The predicted octanol–water partition coefficient (Wildman–Crippen LogP) is 5.37. The van der Waals surface area contributed by atoms with Crippen molar-refractivity contribution in [1.29, 1.82) is 0 Å². The summed E-state index contributed by atoms with van der Waals surface area (Å²) in [6.45, 7) is 0. The summed E-state index contributed by atoms with van der Waals surface area (Å²) in [5.41, 5.74) is 0.607. The second-order valence-corrected chi connectivity index (χ2v) is 7.28. The predicted molar refractivity (Wildman–Crippen MR) is 76.8 cm³/mol. The maximum atomic E-state index is 13.9. The van der Waals surface area contributed by atoms with Crippen LogP contribution in [0.4, 0.5) is 17.6 Å². The number of hydrogen-bond donors (Lipinski definition) is 0. The Labute approximate surface area is 125 Å². The fourth-order valence-corrected chi connectivity index (χ4v) is 4.75. The van der Waals surface area contributed by atoms with Crippen LogP contribution >= 0.6 is 11.8 Å². The Bertz CT molecular complexity index is 562. The Morgan fingerprint density at radius 2 is 2.00 bits per heavy atom. The first kappa shape index (κ1) is 14.9. The fraction of sp³-hybridized carbons (Fsp3) is 0.500. The molecule has 0 radical (unpaired) electrons. The molecule has 0 spiro atoms. The molecule has 0 aliphatic carbocycles. The number of hydrogen-bond acceptors (Lipinski definition) is 1. The van der Waals surface area contributed by atoms with E-state index in [0.29, 0.717) is 28.6 Å². The van der Waals surface area contributed by atoms with Crippen LogP contribution in [0.15, 0.2) is 29.8 Å². The molecule has 21 heavy (non-hydrogen) atoms. The topological polar surface area (TPSA) is 0 Å². The molecule has 0 saturated carbocycles. The van der Waals surface area contributed by atoms with E-state index in [0.717, 1.165) is 18.9 Å². The van der Waals surface area contributed by atoms with E-state index in [9.17, 15) is 17.6 Å². The van der Waals surface area contributed by atoms with Gasteiger partial charge in [0.05, 0.1) is 5.56 Å². The van der Waals surface area contributed by atoms with Crippen molar-refractivity contribution >= 4 is 11.8 Å². The number of halogens is 4. The maximum Gasteiger partial charge on any atom is 0.416 e. The van der Waals surface area contributed by atoms with E-state index < -0.39 is 17.6 Å². The highest BCUT2D eigenvalue weighted by Gasteiger charge is 2.31. The highest BCUT2D eigenvalue weighted by atomic mass is 32.2. The van der Waals surface area contributed by atoms with Crippen molar-refractivity contribution in [3.63, 3.8) is 0 Å². The molecule has 2 unspecified atom stereocenters. The first-order chi connectivity index (χ1) is 9.91. The van der Waals surface area contributed by atoms with Gasteiger partial charge in [-0.2, -0.15) is 24.9 Å². The minimum Gasteiger partial charge on any atom is -0.207 e. The Hall–Kier alpha value is -0.970. The van der Waals surface area contributed by atoms with Gasteiger partial charge in [0.25, 0.3) is 0 Å². The molecule has 1 saturated heterocycles. The summed E-state index contributed by atoms with van der Waals surface area (Å²) in [5.74, 6) is -0.755. The van der Waals surface area contributed by atoms with Crippen LogP contribution < -0.4 is 0 Å². The highest BCUT2D eigenvalue weighted by Crippen LogP contribution is 2.41. The van der Waals surface area contributed by atoms with Gasteiger partial charge in [-0.25, -0.2) is 4.39 Å². The molecule has 1 aromatic rings. The number of allylic oxidation sites excluding steroid dienone is 1. The highest BCUT2D eigenvalue weighted by molar-refractivity contribution is 8.00. The molecular weight excluding hydrogens is 300 g/mol. The number of thioether (sulfide) groups is 1. The van der Waals surface area contributed by atoms with Crippen LogP contribution in [-0.2, 0) is 12.6 Å². The van der Waals surface area contributed by atoms with Crippen LogP contribution in [-0.4, -0.2) is 10.5 Å². The first-order valence-electron chi connectivity index (χ1n) is 7.12. The molecule has 2 aliphatic heterocycles. The molecule has 2 bridgehead atoms. The van der Waals surface area contributed by atoms with Crippen molar-refractivity contribution in [1.82, 2.24) is 0 Å². The molecule has 0 N–H and O–H groups in total. The Morgan fingerprint density at radius 3 is 2.67 bits per heavy atom. The fourth-order valence-electron chi connectivity index (χ4n) is 3.07. The number of benzene rings is 1. The van der Waals surface area contributed by atoms with Crippen molar-refractivity contribution in [2.45, 2.75) is 48.8 Å². The lowest BCUT2D eigenvalue weighted by Gasteiger charge is -2.33. The molecular formula is C16H16F4S. The van der Waals surface area contributed by atoms with E-state index in [1.807, 2.05) is 11.8 Å². The van der Waals surface area contributed by atoms with Crippen molar-refractivity contribution < 1.29 is 17.6 Å². The zero-order valence-corrected chi connectivity index (χ0v) is 12.2. The number of rotatable bonds is 2. The monoisotopic (exact) mass is 316 g/mol. The SMILES string of the molecule is Fc1cc(C(F)(F)F)ccc1CC1=CC2CCCC(C1)S2. The van der Waals surface area contributed by atoms with Gasteiger partial charge in [-0.15, -0.1) is 0 Å². The lowest BCUT2D eigenvalue weighted by Crippen LogP contribution is -2.22. The van der Waals surface area contributed by atoms with Gasteiger partial charge in [0, 0.05) is 10.5 Å². The largest absolute Gasteiger partial charge is 0.416 e. The van der Waals surface area contributed by atoms with Crippen LogP contribution in [0.25, 0.3) is 0 Å². The summed E-state index contributed by atoms with van der Waals surface area (Å²) < 4.78 is 51.5. The van der Waals surface area contributed by atoms with Gasteiger partial charge in [-0.05, 0) is 43.4 Å². The molecule has 5 heteroatoms.